The number of nitro benzene ring substituents is 1. The minimum absolute atomic E-state index is 0.0193. The van der Waals surface area contributed by atoms with E-state index in [0.717, 1.165) is 0 Å². The number of ether oxygens (including phenoxy) is 1. The molecule has 1 aromatic rings. The summed E-state index contributed by atoms with van der Waals surface area (Å²) in [4.78, 5) is 14.9. The molecule has 0 aliphatic heterocycles. The number of hydrogen-bond acceptors (Lipinski definition) is 5. The van der Waals surface area contributed by atoms with Gasteiger partial charge in [-0.3, -0.25) is 10.1 Å². The topological polar surface area (TPSA) is 87.6 Å². The van der Waals surface area contributed by atoms with Gasteiger partial charge < -0.3 is 9.57 Å². The summed E-state index contributed by atoms with van der Waals surface area (Å²) in [6.07, 6.45) is 0. The Labute approximate surface area is 99.4 Å². The van der Waals surface area contributed by atoms with Crippen molar-refractivity contribution in [1.82, 2.24) is 0 Å². The van der Waals surface area contributed by atoms with Crippen LogP contribution in [0, 0.1) is 10.1 Å². The van der Waals surface area contributed by atoms with E-state index in [4.69, 9.17) is 10.6 Å². The number of nitro groups is 1. The van der Waals surface area contributed by atoms with Gasteiger partial charge in [0, 0.05) is 23.1 Å². The maximum Gasteiger partial charge on any atom is 0.269 e. The maximum atomic E-state index is 10.7. The Morgan fingerprint density at radius 1 is 1.47 bits per heavy atom. The van der Waals surface area contributed by atoms with E-state index >= 15 is 0 Å². The van der Waals surface area contributed by atoms with Crippen molar-refractivity contribution >= 4 is 5.69 Å². The minimum Gasteiger partial charge on any atom is -0.496 e. The molecule has 2 N–H and O–H groups in total. The van der Waals surface area contributed by atoms with Gasteiger partial charge >= 0.3 is 0 Å². The maximum absolute atomic E-state index is 10.7. The number of nitrogens with two attached hydrogens (primary N) is 1. The van der Waals surface area contributed by atoms with Crippen molar-refractivity contribution in [3.05, 3.63) is 33.9 Å². The van der Waals surface area contributed by atoms with Gasteiger partial charge in [0.25, 0.3) is 5.69 Å². The molecule has 0 atom stereocenters. The number of benzene rings is 1. The summed E-state index contributed by atoms with van der Waals surface area (Å²) >= 11 is 0. The fourth-order valence-corrected chi connectivity index (χ4v) is 1.62. The molecule has 0 bridgehead atoms. The van der Waals surface area contributed by atoms with Crippen LogP contribution in [-0.2, 0) is 10.3 Å². The second-order valence-electron chi connectivity index (χ2n) is 4.34. The Hall–Kier alpha value is -1.66. The molecule has 0 aliphatic carbocycles. The van der Waals surface area contributed by atoms with Crippen LogP contribution in [0.25, 0.3) is 0 Å². The van der Waals surface area contributed by atoms with E-state index in [1.165, 1.54) is 19.2 Å². The Balaban J connectivity index is 3.27. The lowest BCUT2D eigenvalue weighted by atomic mass is 9.84. The van der Waals surface area contributed by atoms with Crippen molar-refractivity contribution in [2.75, 3.05) is 13.7 Å². The van der Waals surface area contributed by atoms with Crippen LogP contribution in [0.15, 0.2) is 18.2 Å². The summed E-state index contributed by atoms with van der Waals surface area (Å²) in [7, 11) is 1.52. The molecule has 0 aromatic heterocycles. The third-order valence-electron chi connectivity index (χ3n) is 2.57. The zero-order chi connectivity index (χ0) is 13.1. The van der Waals surface area contributed by atoms with E-state index in [1.54, 1.807) is 6.07 Å². The van der Waals surface area contributed by atoms with Gasteiger partial charge in [0.2, 0.25) is 0 Å². The van der Waals surface area contributed by atoms with Gasteiger partial charge in [-0.2, -0.15) is 0 Å². The molecule has 0 aliphatic rings. The van der Waals surface area contributed by atoms with Crippen LogP contribution in [0.3, 0.4) is 0 Å². The largest absolute Gasteiger partial charge is 0.496 e. The fourth-order valence-electron chi connectivity index (χ4n) is 1.62. The zero-order valence-corrected chi connectivity index (χ0v) is 10.1. The smallest absolute Gasteiger partial charge is 0.269 e. The highest BCUT2D eigenvalue weighted by molar-refractivity contribution is 5.47. The molecule has 0 radical (unpaired) electrons. The zero-order valence-electron chi connectivity index (χ0n) is 10.1. The molecule has 0 heterocycles. The molecule has 6 heteroatoms. The van der Waals surface area contributed by atoms with Crippen molar-refractivity contribution in [3.8, 4) is 5.75 Å². The predicted molar refractivity (Wildman–Crippen MR) is 62.8 cm³/mol. The second kappa shape index (κ2) is 5.11. The lowest BCUT2D eigenvalue weighted by molar-refractivity contribution is -0.385. The van der Waals surface area contributed by atoms with Crippen LogP contribution in [0.5, 0.6) is 5.75 Å². The van der Waals surface area contributed by atoms with Gasteiger partial charge in [-0.05, 0) is 6.07 Å². The number of methoxy groups -OCH3 is 1. The molecule has 0 saturated heterocycles. The first-order valence-corrected chi connectivity index (χ1v) is 5.07. The van der Waals surface area contributed by atoms with Crippen molar-refractivity contribution in [2.45, 2.75) is 19.3 Å². The molecule has 1 rings (SSSR count). The van der Waals surface area contributed by atoms with E-state index < -0.39 is 10.3 Å². The van der Waals surface area contributed by atoms with Crippen molar-refractivity contribution < 1.29 is 14.5 Å². The first-order chi connectivity index (χ1) is 7.92. The molecular formula is C11H16N2O4. The average Bonchev–Trinajstić information content (AvgIpc) is 2.28. The van der Waals surface area contributed by atoms with E-state index in [9.17, 15) is 10.1 Å². The highest BCUT2D eigenvalue weighted by atomic mass is 16.6. The normalized spacial score (nSPS) is 11.3. The van der Waals surface area contributed by atoms with Crippen molar-refractivity contribution in [1.29, 1.82) is 0 Å². The van der Waals surface area contributed by atoms with Gasteiger partial charge in [0.15, 0.2) is 0 Å². The van der Waals surface area contributed by atoms with Crippen LogP contribution in [-0.4, -0.2) is 18.6 Å². The number of nitrogens with zero attached hydrogens (tertiary/aromatic N) is 1. The number of rotatable bonds is 5. The van der Waals surface area contributed by atoms with E-state index in [2.05, 4.69) is 4.84 Å². The first kappa shape index (κ1) is 13.4. The molecule has 0 fully saturated rings. The summed E-state index contributed by atoms with van der Waals surface area (Å²) in [6, 6.07) is 4.46. The van der Waals surface area contributed by atoms with Gasteiger partial charge in [0.1, 0.15) is 5.75 Å². The Morgan fingerprint density at radius 3 is 2.59 bits per heavy atom. The summed E-state index contributed by atoms with van der Waals surface area (Å²) in [5, 5.41) is 10.7. The lowest BCUT2D eigenvalue weighted by Crippen LogP contribution is -2.27. The molecule has 1 aromatic carbocycles. The predicted octanol–water partition coefficient (Wildman–Crippen LogP) is 1.77. The molecule has 0 unspecified atom stereocenters. The lowest BCUT2D eigenvalue weighted by Gasteiger charge is -2.25. The first-order valence-electron chi connectivity index (χ1n) is 5.07. The third kappa shape index (κ3) is 2.92. The monoisotopic (exact) mass is 240 g/mol. The van der Waals surface area contributed by atoms with Gasteiger partial charge in [-0.1, -0.05) is 13.8 Å². The van der Waals surface area contributed by atoms with Crippen LogP contribution in [0.1, 0.15) is 19.4 Å². The highest BCUT2D eigenvalue weighted by Crippen LogP contribution is 2.34. The summed E-state index contributed by atoms with van der Waals surface area (Å²) < 4.78 is 5.19. The highest BCUT2D eigenvalue weighted by Gasteiger charge is 2.27. The Morgan fingerprint density at radius 2 is 2.12 bits per heavy atom. The summed E-state index contributed by atoms with van der Waals surface area (Å²) in [5.74, 6) is 5.65. The molecule has 17 heavy (non-hydrogen) atoms. The minimum atomic E-state index is -0.466. The van der Waals surface area contributed by atoms with Crippen LogP contribution in [0.2, 0.25) is 0 Å². The quantitative estimate of drug-likeness (QED) is 0.626. The number of non-ortho nitro benzene ring substituents is 1. The molecule has 0 saturated carbocycles. The van der Waals surface area contributed by atoms with E-state index in [1.807, 2.05) is 13.8 Å². The molecule has 94 valence electrons. The second-order valence-corrected chi connectivity index (χ2v) is 4.34. The SMILES string of the molecule is COc1ccc([N+](=O)[O-])cc1C(C)(C)CON. The summed E-state index contributed by atoms with van der Waals surface area (Å²) in [6.45, 7) is 3.99. The Kier molecular flexibility index (Phi) is 4.03. The van der Waals surface area contributed by atoms with Gasteiger partial charge in [0.05, 0.1) is 18.6 Å². The van der Waals surface area contributed by atoms with Crippen LogP contribution >= 0.6 is 0 Å². The van der Waals surface area contributed by atoms with Crippen LogP contribution in [0.4, 0.5) is 5.69 Å². The van der Waals surface area contributed by atoms with Gasteiger partial charge in [-0.25, -0.2) is 5.90 Å². The Bertz CT molecular complexity index is 418. The molecule has 6 nitrogen and oxygen atoms in total. The molecular weight excluding hydrogens is 224 g/mol. The fraction of sp³-hybridized carbons (Fsp3) is 0.455. The van der Waals surface area contributed by atoms with Crippen molar-refractivity contribution in [2.24, 2.45) is 5.90 Å². The van der Waals surface area contributed by atoms with Gasteiger partial charge in [-0.15, -0.1) is 0 Å². The third-order valence-corrected chi connectivity index (χ3v) is 2.57. The molecule has 0 spiro atoms. The average molecular weight is 240 g/mol. The summed E-state index contributed by atoms with van der Waals surface area (Å²) in [5.41, 5.74) is 0.247. The van der Waals surface area contributed by atoms with Crippen molar-refractivity contribution in [3.63, 3.8) is 0 Å². The van der Waals surface area contributed by atoms with Crippen LogP contribution < -0.4 is 10.6 Å². The van der Waals surface area contributed by atoms with E-state index in [-0.39, 0.29) is 12.3 Å². The standard InChI is InChI=1S/C11H16N2O4/c1-11(2,7-17-12)9-6-8(13(14)15)4-5-10(9)16-3/h4-6H,7,12H2,1-3H3. The molecule has 0 amide bonds. The number of hydrogen-bond donors (Lipinski definition) is 1. The van der Waals surface area contributed by atoms with E-state index in [0.29, 0.717) is 11.3 Å².